The highest BCUT2D eigenvalue weighted by atomic mass is 16.2. The van der Waals surface area contributed by atoms with E-state index in [0.717, 1.165) is 30.6 Å². The molecule has 0 spiro atoms. The predicted molar refractivity (Wildman–Crippen MR) is 70.0 cm³/mol. The monoisotopic (exact) mass is 232 g/mol. The minimum atomic E-state index is -0.0516. The first-order valence-corrected chi connectivity index (χ1v) is 6.28. The van der Waals surface area contributed by atoms with Crippen LogP contribution in [-0.2, 0) is 4.79 Å². The molecule has 1 aromatic rings. The van der Waals surface area contributed by atoms with E-state index in [1.807, 2.05) is 31.2 Å². The molecular weight excluding hydrogens is 212 g/mol. The summed E-state index contributed by atoms with van der Waals surface area (Å²) in [5.41, 5.74) is 2.04. The smallest absolute Gasteiger partial charge is 0.241 e. The molecule has 1 aromatic carbocycles. The summed E-state index contributed by atoms with van der Waals surface area (Å²) in [6.07, 6.45) is 2.29. The van der Waals surface area contributed by atoms with Crippen LogP contribution in [0.15, 0.2) is 24.3 Å². The average molecular weight is 232 g/mol. The minimum absolute atomic E-state index is 0.0516. The van der Waals surface area contributed by atoms with Crippen molar-refractivity contribution >= 4 is 11.6 Å². The van der Waals surface area contributed by atoms with E-state index in [4.69, 9.17) is 0 Å². The second kappa shape index (κ2) is 5.32. The number of amides is 1. The third-order valence-electron chi connectivity index (χ3n) is 3.34. The number of benzene rings is 1. The number of nitrogens with one attached hydrogen (secondary N) is 2. The molecule has 92 valence electrons. The van der Waals surface area contributed by atoms with Crippen molar-refractivity contribution in [3.05, 3.63) is 29.8 Å². The Balaban J connectivity index is 2.01. The molecule has 1 aliphatic heterocycles. The summed E-state index contributed by atoms with van der Waals surface area (Å²) in [4.78, 5) is 12.1. The maximum absolute atomic E-state index is 12.1. The van der Waals surface area contributed by atoms with E-state index in [1.54, 1.807) is 0 Å². The predicted octanol–water partition coefficient (Wildman–Crippen LogP) is 2.32. The zero-order chi connectivity index (χ0) is 12.3. The lowest BCUT2D eigenvalue weighted by atomic mass is 9.92. The van der Waals surface area contributed by atoms with Gasteiger partial charge in [-0.05, 0) is 49.9 Å². The lowest BCUT2D eigenvalue weighted by Gasteiger charge is -2.28. The molecule has 0 radical (unpaired) electrons. The van der Waals surface area contributed by atoms with Gasteiger partial charge in [0.25, 0.3) is 0 Å². The molecule has 0 bridgehead atoms. The molecule has 1 fully saturated rings. The molecule has 2 unspecified atom stereocenters. The molecule has 2 rings (SSSR count). The van der Waals surface area contributed by atoms with Gasteiger partial charge in [0.05, 0.1) is 6.04 Å². The molecule has 0 saturated carbocycles. The number of carbonyl (C=O) groups is 1. The van der Waals surface area contributed by atoms with Crippen LogP contribution in [0.25, 0.3) is 0 Å². The summed E-state index contributed by atoms with van der Waals surface area (Å²) in [5.74, 6) is 0.497. The van der Waals surface area contributed by atoms with Crippen LogP contribution in [-0.4, -0.2) is 18.5 Å². The summed E-state index contributed by atoms with van der Waals surface area (Å²) in [5, 5.41) is 6.27. The molecule has 2 atom stereocenters. The van der Waals surface area contributed by atoms with E-state index >= 15 is 0 Å². The van der Waals surface area contributed by atoms with E-state index < -0.39 is 0 Å². The quantitative estimate of drug-likeness (QED) is 0.821. The van der Waals surface area contributed by atoms with Crippen LogP contribution in [0.1, 0.15) is 25.3 Å². The summed E-state index contributed by atoms with van der Waals surface area (Å²) in [7, 11) is 0. The molecular formula is C14H20N2O. The first-order valence-electron chi connectivity index (χ1n) is 6.28. The van der Waals surface area contributed by atoms with Gasteiger partial charge in [-0.15, -0.1) is 0 Å². The number of hydrogen-bond donors (Lipinski definition) is 2. The van der Waals surface area contributed by atoms with Crippen molar-refractivity contribution in [2.75, 3.05) is 11.9 Å². The summed E-state index contributed by atoms with van der Waals surface area (Å²) >= 11 is 0. The lowest BCUT2D eigenvalue weighted by Crippen LogP contribution is -2.48. The Morgan fingerprint density at radius 2 is 2.29 bits per heavy atom. The normalized spacial score (nSPS) is 24.4. The van der Waals surface area contributed by atoms with Gasteiger partial charge in [0.15, 0.2) is 0 Å². The molecule has 17 heavy (non-hydrogen) atoms. The van der Waals surface area contributed by atoms with Gasteiger partial charge in [-0.2, -0.15) is 0 Å². The number of aryl methyl sites for hydroxylation is 1. The molecule has 1 aliphatic rings. The third-order valence-corrected chi connectivity index (χ3v) is 3.34. The van der Waals surface area contributed by atoms with Gasteiger partial charge in [0.1, 0.15) is 0 Å². The Morgan fingerprint density at radius 1 is 1.47 bits per heavy atom. The van der Waals surface area contributed by atoms with Gasteiger partial charge >= 0.3 is 0 Å². The van der Waals surface area contributed by atoms with E-state index in [2.05, 4.69) is 17.6 Å². The first-order chi connectivity index (χ1) is 8.16. The van der Waals surface area contributed by atoms with Crippen LogP contribution in [0.5, 0.6) is 0 Å². The van der Waals surface area contributed by atoms with E-state index in [9.17, 15) is 4.79 Å². The molecule has 3 nitrogen and oxygen atoms in total. The largest absolute Gasteiger partial charge is 0.325 e. The Bertz CT molecular complexity index is 403. The number of carbonyl (C=O) groups excluding carboxylic acids is 1. The van der Waals surface area contributed by atoms with Crippen LogP contribution in [0.2, 0.25) is 0 Å². The summed E-state index contributed by atoms with van der Waals surface area (Å²) in [6.45, 7) is 5.10. The van der Waals surface area contributed by atoms with Crippen LogP contribution < -0.4 is 10.6 Å². The summed E-state index contributed by atoms with van der Waals surface area (Å²) in [6, 6.07) is 7.85. The molecule has 1 heterocycles. The molecule has 3 heteroatoms. The van der Waals surface area contributed by atoms with E-state index in [1.165, 1.54) is 0 Å². The van der Waals surface area contributed by atoms with Crippen molar-refractivity contribution in [2.24, 2.45) is 5.92 Å². The number of anilines is 1. The second-order valence-corrected chi connectivity index (χ2v) is 4.91. The molecule has 2 N–H and O–H groups in total. The number of hydrogen-bond acceptors (Lipinski definition) is 2. The summed E-state index contributed by atoms with van der Waals surface area (Å²) < 4.78 is 0. The number of piperidine rings is 1. The minimum Gasteiger partial charge on any atom is -0.325 e. The average Bonchev–Trinajstić information content (AvgIpc) is 2.29. The van der Waals surface area contributed by atoms with Crippen LogP contribution in [0.3, 0.4) is 0 Å². The lowest BCUT2D eigenvalue weighted by molar-refractivity contribution is -0.119. The fourth-order valence-electron chi connectivity index (χ4n) is 2.34. The fraction of sp³-hybridized carbons (Fsp3) is 0.500. The molecule has 1 saturated heterocycles. The van der Waals surface area contributed by atoms with Gasteiger partial charge in [-0.3, -0.25) is 4.79 Å². The van der Waals surface area contributed by atoms with Crippen molar-refractivity contribution in [3.63, 3.8) is 0 Å². The maximum Gasteiger partial charge on any atom is 0.241 e. The van der Waals surface area contributed by atoms with Gasteiger partial charge in [0, 0.05) is 5.69 Å². The Labute approximate surface area is 103 Å². The standard InChI is InChI=1S/C14H20N2O/c1-10-5-3-7-12(9-10)16-14(17)13-11(2)6-4-8-15-13/h3,5,7,9,11,13,15H,4,6,8H2,1-2H3,(H,16,17). The zero-order valence-corrected chi connectivity index (χ0v) is 10.5. The Kier molecular flexibility index (Phi) is 3.79. The Hall–Kier alpha value is -1.35. The zero-order valence-electron chi connectivity index (χ0n) is 10.5. The SMILES string of the molecule is Cc1cccc(NC(=O)C2NCCCC2C)c1. The highest BCUT2D eigenvalue weighted by Gasteiger charge is 2.27. The maximum atomic E-state index is 12.1. The second-order valence-electron chi connectivity index (χ2n) is 4.91. The van der Waals surface area contributed by atoms with Crippen molar-refractivity contribution in [3.8, 4) is 0 Å². The van der Waals surface area contributed by atoms with Crippen LogP contribution in [0.4, 0.5) is 5.69 Å². The first kappa shape index (κ1) is 12.1. The molecule has 0 aliphatic carbocycles. The van der Waals surface area contributed by atoms with Crippen LogP contribution >= 0.6 is 0 Å². The fourth-order valence-corrected chi connectivity index (χ4v) is 2.34. The topological polar surface area (TPSA) is 41.1 Å². The molecule has 0 aromatic heterocycles. The number of rotatable bonds is 2. The Morgan fingerprint density at radius 3 is 3.00 bits per heavy atom. The highest BCUT2D eigenvalue weighted by Crippen LogP contribution is 2.17. The highest BCUT2D eigenvalue weighted by molar-refractivity contribution is 5.95. The van der Waals surface area contributed by atoms with Gasteiger partial charge in [0.2, 0.25) is 5.91 Å². The van der Waals surface area contributed by atoms with Crippen LogP contribution in [0, 0.1) is 12.8 Å². The van der Waals surface area contributed by atoms with Gasteiger partial charge < -0.3 is 10.6 Å². The van der Waals surface area contributed by atoms with Crippen molar-refractivity contribution in [2.45, 2.75) is 32.7 Å². The van der Waals surface area contributed by atoms with E-state index in [0.29, 0.717) is 5.92 Å². The van der Waals surface area contributed by atoms with Gasteiger partial charge in [-0.1, -0.05) is 19.1 Å². The van der Waals surface area contributed by atoms with Crippen molar-refractivity contribution < 1.29 is 4.79 Å². The third kappa shape index (κ3) is 3.07. The van der Waals surface area contributed by atoms with Crippen molar-refractivity contribution in [1.29, 1.82) is 0 Å². The van der Waals surface area contributed by atoms with Gasteiger partial charge in [-0.25, -0.2) is 0 Å². The van der Waals surface area contributed by atoms with Crippen molar-refractivity contribution in [1.82, 2.24) is 5.32 Å². The molecule has 1 amide bonds. The van der Waals surface area contributed by atoms with E-state index in [-0.39, 0.29) is 11.9 Å².